The second-order valence-corrected chi connectivity index (χ2v) is 3.12. The van der Waals surface area contributed by atoms with Crippen molar-refractivity contribution >= 4 is 17.7 Å². The molecule has 60 valence electrons. The standard InChI is InChI=1S/C6H9N3OS/c1-5-3-7-8-9(5)11-4-6(2)10/h3H,4H2,1-2H3. The molecule has 1 aromatic rings. The smallest absolute Gasteiger partial charge is 0.141 e. The molecule has 4 nitrogen and oxygen atoms in total. The third kappa shape index (κ3) is 2.34. The molecule has 1 heterocycles. The minimum atomic E-state index is 0.143. The fourth-order valence-corrected chi connectivity index (χ4v) is 1.20. The predicted octanol–water partition coefficient (Wildman–Crippen LogP) is 0.672. The number of hydrogen-bond acceptors (Lipinski definition) is 4. The summed E-state index contributed by atoms with van der Waals surface area (Å²) in [6, 6.07) is 0. The Bertz CT molecular complexity index is 258. The summed E-state index contributed by atoms with van der Waals surface area (Å²) in [7, 11) is 0. The van der Waals surface area contributed by atoms with E-state index in [2.05, 4.69) is 10.3 Å². The van der Waals surface area contributed by atoms with Crippen molar-refractivity contribution in [1.82, 2.24) is 14.4 Å². The van der Waals surface area contributed by atoms with Gasteiger partial charge in [-0.3, -0.25) is 4.79 Å². The number of carbonyl (C=O) groups is 1. The van der Waals surface area contributed by atoms with E-state index in [0.29, 0.717) is 5.75 Å². The van der Waals surface area contributed by atoms with Crippen LogP contribution in [0.4, 0.5) is 0 Å². The van der Waals surface area contributed by atoms with E-state index in [9.17, 15) is 4.79 Å². The van der Waals surface area contributed by atoms with Gasteiger partial charge in [0.25, 0.3) is 0 Å². The Balaban J connectivity index is 2.51. The largest absolute Gasteiger partial charge is 0.299 e. The van der Waals surface area contributed by atoms with Crippen LogP contribution in [0.2, 0.25) is 0 Å². The Hall–Kier alpha value is -0.840. The third-order valence-electron chi connectivity index (χ3n) is 1.07. The second-order valence-electron chi connectivity index (χ2n) is 2.22. The van der Waals surface area contributed by atoms with E-state index in [0.717, 1.165) is 5.69 Å². The normalized spacial score (nSPS) is 10.0. The number of aromatic nitrogens is 3. The molecule has 0 atom stereocenters. The highest BCUT2D eigenvalue weighted by atomic mass is 32.2. The monoisotopic (exact) mass is 171 g/mol. The molecule has 1 aromatic heterocycles. The van der Waals surface area contributed by atoms with Crippen molar-refractivity contribution in [2.45, 2.75) is 13.8 Å². The van der Waals surface area contributed by atoms with E-state index >= 15 is 0 Å². The van der Waals surface area contributed by atoms with Crippen LogP contribution in [0.25, 0.3) is 0 Å². The maximum atomic E-state index is 10.6. The molecule has 0 N–H and O–H groups in total. The lowest BCUT2D eigenvalue weighted by Crippen LogP contribution is -2.00. The summed E-state index contributed by atoms with van der Waals surface area (Å²) in [6.45, 7) is 3.45. The predicted molar refractivity (Wildman–Crippen MR) is 43.3 cm³/mol. The van der Waals surface area contributed by atoms with E-state index in [1.54, 1.807) is 17.2 Å². The summed E-state index contributed by atoms with van der Waals surface area (Å²) in [5, 5.41) is 7.45. The van der Waals surface area contributed by atoms with Crippen molar-refractivity contribution in [2.75, 3.05) is 5.75 Å². The SMILES string of the molecule is CC(=O)CSn1nncc1C. The number of rotatable bonds is 3. The lowest BCUT2D eigenvalue weighted by atomic mass is 10.5. The number of ketones is 1. The van der Waals surface area contributed by atoms with Crippen molar-refractivity contribution in [3.05, 3.63) is 11.9 Å². The zero-order chi connectivity index (χ0) is 8.27. The molecule has 5 heteroatoms. The Morgan fingerprint density at radius 1 is 1.82 bits per heavy atom. The molecule has 0 radical (unpaired) electrons. The summed E-state index contributed by atoms with van der Waals surface area (Å²) < 4.78 is 1.64. The highest BCUT2D eigenvalue weighted by molar-refractivity contribution is 7.98. The molecule has 0 amide bonds. The second kappa shape index (κ2) is 3.52. The van der Waals surface area contributed by atoms with Crippen LogP contribution in [0.5, 0.6) is 0 Å². The third-order valence-corrected chi connectivity index (χ3v) is 2.21. The molecular weight excluding hydrogens is 162 g/mol. The van der Waals surface area contributed by atoms with Crippen LogP contribution in [0.1, 0.15) is 12.6 Å². The van der Waals surface area contributed by atoms with Gasteiger partial charge in [-0.15, -0.1) is 5.10 Å². The van der Waals surface area contributed by atoms with Crippen molar-refractivity contribution < 1.29 is 4.79 Å². The van der Waals surface area contributed by atoms with E-state index in [-0.39, 0.29) is 5.78 Å². The van der Waals surface area contributed by atoms with Gasteiger partial charge in [0.1, 0.15) is 5.78 Å². The minimum absolute atomic E-state index is 0.143. The lowest BCUT2D eigenvalue weighted by Gasteiger charge is -1.97. The summed E-state index contributed by atoms with van der Waals surface area (Å²) in [5.74, 6) is 0.592. The average Bonchev–Trinajstić information content (AvgIpc) is 2.31. The van der Waals surface area contributed by atoms with Crippen LogP contribution in [0.15, 0.2) is 6.20 Å². The molecule has 0 fully saturated rings. The van der Waals surface area contributed by atoms with Crippen molar-refractivity contribution in [3.8, 4) is 0 Å². The first kappa shape index (κ1) is 8.26. The van der Waals surface area contributed by atoms with E-state index < -0.39 is 0 Å². The topological polar surface area (TPSA) is 47.8 Å². The van der Waals surface area contributed by atoms with Crippen LogP contribution in [-0.2, 0) is 4.79 Å². The van der Waals surface area contributed by atoms with Gasteiger partial charge >= 0.3 is 0 Å². The number of aryl methyl sites for hydroxylation is 1. The van der Waals surface area contributed by atoms with E-state index in [1.165, 1.54) is 11.9 Å². The highest BCUT2D eigenvalue weighted by Gasteiger charge is 1.99. The first-order valence-corrected chi connectivity index (χ1v) is 4.14. The molecule has 0 bridgehead atoms. The van der Waals surface area contributed by atoms with Gasteiger partial charge in [0.2, 0.25) is 0 Å². The van der Waals surface area contributed by atoms with Gasteiger partial charge in [-0.1, -0.05) is 5.21 Å². The molecular formula is C6H9N3OS. The minimum Gasteiger partial charge on any atom is -0.299 e. The molecule has 0 unspecified atom stereocenters. The zero-order valence-electron chi connectivity index (χ0n) is 6.44. The average molecular weight is 171 g/mol. The lowest BCUT2D eigenvalue weighted by molar-refractivity contribution is -0.114. The van der Waals surface area contributed by atoms with Crippen molar-refractivity contribution in [1.29, 1.82) is 0 Å². The van der Waals surface area contributed by atoms with Crippen LogP contribution in [0, 0.1) is 6.92 Å². The fraction of sp³-hybridized carbons (Fsp3) is 0.500. The fourth-order valence-electron chi connectivity index (χ4n) is 0.556. The Kier molecular flexibility index (Phi) is 2.64. The van der Waals surface area contributed by atoms with Crippen LogP contribution < -0.4 is 0 Å². The number of hydrogen-bond donors (Lipinski definition) is 0. The molecule has 0 saturated carbocycles. The maximum absolute atomic E-state index is 10.6. The first-order valence-electron chi connectivity index (χ1n) is 3.20. The van der Waals surface area contributed by atoms with Gasteiger partial charge < -0.3 is 0 Å². The summed E-state index contributed by atoms with van der Waals surface area (Å²) in [6.07, 6.45) is 1.66. The van der Waals surface area contributed by atoms with Gasteiger partial charge in [0, 0.05) is 0 Å². The number of carbonyl (C=O) groups excluding carboxylic acids is 1. The Labute approximate surface area is 69.1 Å². The molecule has 0 saturated heterocycles. The van der Waals surface area contributed by atoms with Crippen LogP contribution >= 0.6 is 11.9 Å². The van der Waals surface area contributed by atoms with Gasteiger partial charge in [-0.2, -0.15) is 4.09 Å². The number of nitrogens with zero attached hydrogens (tertiary/aromatic N) is 3. The molecule has 11 heavy (non-hydrogen) atoms. The van der Waals surface area contributed by atoms with Gasteiger partial charge in [0.05, 0.1) is 17.6 Å². The van der Waals surface area contributed by atoms with Gasteiger partial charge in [-0.05, 0) is 25.8 Å². The maximum Gasteiger partial charge on any atom is 0.141 e. The van der Waals surface area contributed by atoms with E-state index in [4.69, 9.17) is 0 Å². The number of Topliss-reactive ketones (excluding diaryl/α,β-unsaturated/α-hetero) is 1. The Morgan fingerprint density at radius 3 is 3.00 bits per heavy atom. The van der Waals surface area contributed by atoms with Crippen molar-refractivity contribution in [2.24, 2.45) is 0 Å². The van der Waals surface area contributed by atoms with E-state index in [1.807, 2.05) is 6.92 Å². The summed E-state index contributed by atoms with van der Waals surface area (Å²) in [4.78, 5) is 10.6. The summed E-state index contributed by atoms with van der Waals surface area (Å²) >= 11 is 1.36. The highest BCUT2D eigenvalue weighted by Crippen LogP contribution is 2.06. The Morgan fingerprint density at radius 2 is 2.55 bits per heavy atom. The van der Waals surface area contributed by atoms with Crippen LogP contribution in [-0.4, -0.2) is 25.9 Å². The molecule has 0 spiro atoms. The molecule has 1 rings (SSSR count). The zero-order valence-corrected chi connectivity index (χ0v) is 7.26. The van der Waals surface area contributed by atoms with Gasteiger partial charge in [0.15, 0.2) is 0 Å². The summed E-state index contributed by atoms with van der Waals surface area (Å²) in [5.41, 5.74) is 0.955. The van der Waals surface area contributed by atoms with Crippen molar-refractivity contribution in [3.63, 3.8) is 0 Å². The molecule has 0 aromatic carbocycles. The molecule has 0 aliphatic rings. The van der Waals surface area contributed by atoms with Crippen LogP contribution in [0.3, 0.4) is 0 Å². The molecule has 0 aliphatic heterocycles. The van der Waals surface area contributed by atoms with Gasteiger partial charge in [-0.25, -0.2) is 0 Å². The quantitative estimate of drug-likeness (QED) is 0.670. The molecule has 0 aliphatic carbocycles. The first-order chi connectivity index (χ1) is 5.20.